The molecule has 1 amide bonds. The van der Waals surface area contributed by atoms with Crippen LogP contribution < -0.4 is 5.32 Å². The second-order valence-electron chi connectivity index (χ2n) is 5.79. The molecule has 0 radical (unpaired) electrons. The number of thiazole rings is 1. The Morgan fingerprint density at radius 2 is 1.93 bits per heavy atom. The van der Waals surface area contributed by atoms with Crippen LogP contribution in [0.15, 0.2) is 66.2 Å². The van der Waals surface area contributed by atoms with E-state index < -0.39 is 6.43 Å². The molecule has 0 unspecified atom stereocenters. The molecule has 7 heteroatoms. The summed E-state index contributed by atoms with van der Waals surface area (Å²) in [7, 11) is 0. The molecule has 0 aliphatic rings. The second kappa shape index (κ2) is 7.20. The van der Waals surface area contributed by atoms with E-state index in [-0.39, 0.29) is 11.5 Å². The van der Waals surface area contributed by atoms with Gasteiger partial charge in [0, 0.05) is 28.1 Å². The molecule has 4 nitrogen and oxygen atoms in total. The normalized spacial score (nSPS) is 11.1. The summed E-state index contributed by atoms with van der Waals surface area (Å²) < 4.78 is 26.0. The SMILES string of the molecule is O=C(Nc1nccs1)c1cccc2ccc(-c3cccc(C(F)F)c3)nc12. The average molecular weight is 381 g/mol. The van der Waals surface area contributed by atoms with Crippen LogP contribution in [0.2, 0.25) is 0 Å². The lowest BCUT2D eigenvalue weighted by Crippen LogP contribution is -2.12. The van der Waals surface area contributed by atoms with Crippen molar-refractivity contribution in [3.05, 3.63) is 77.3 Å². The molecule has 4 rings (SSSR count). The van der Waals surface area contributed by atoms with Gasteiger partial charge in [-0.2, -0.15) is 0 Å². The van der Waals surface area contributed by atoms with Gasteiger partial charge >= 0.3 is 0 Å². The number of nitrogens with one attached hydrogen (secondary N) is 1. The number of hydrogen-bond acceptors (Lipinski definition) is 4. The van der Waals surface area contributed by atoms with Gasteiger partial charge in [-0.15, -0.1) is 11.3 Å². The first-order valence-corrected chi connectivity index (χ1v) is 8.99. The van der Waals surface area contributed by atoms with Crippen molar-refractivity contribution in [1.82, 2.24) is 9.97 Å². The molecule has 0 spiro atoms. The Morgan fingerprint density at radius 1 is 1.07 bits per heavy atom. The summed E-state index contributed by atoms with van der Waals surface area (Å²) >= 11 is 1.32. The third kappa shape index (κ3) is 3.54. The van der Waals surface area contributed by atoms with E-state index in [0.717, 1.165) is 5.39 Å². The number of hydrogen-bond donors (Lipinski definition) is 1. The molecule has 0 aliphatic carbocycles. The van der Waals surface area contributed by atoms with E-state index in [1.807, 2.05) is 12.1 Å². The first-order chi connectivity index (χ1) is 13.1. The van der Waals surface area contributed by atoms with Crippen LogP contribution in [0.4, 0.5) is 13.9 Å². The van der Waals surface area contributed by atoms with Crippen LogP contribution in [0.25, 0.3) is 22.2 Å². The standard InChI is InChI=1S/C20H13F2N3OS/c21-18(22)14-5-1-4-13(11-14)16-8-7-12-3-2-6-15(17(12)24-16)19(26)25-20-23-9-10-27-20/h1-11,18H,(H,23,25,26). The number of carbonyl (C=O) groups excluding carboxylic acids is 1. The highest BCUT2D eigenvalue weighted by atomic mass is 32.1. The lowest BCUT2D eigenvalue weighted by atomic mass is 10.0. The van der Waals surface area contributed by atoms with Crippen molar-refractivity contribution in [2.45, 2.75) is 6.43 Å². The Hall–Kier alpha value is -3.19. The van der Waals surface area contributed by atoms with Crippen molar-refractivity contribution in [2.24, 2.45) is 0 Å². The number of nitrogens with zero attached hydrogens (tertiary/aromatic N) is 2. The van der Waals surface area contributed by atoms with Crippen molar-refractivity contribution >= 4 is 33.3 Å². The summed E-state index contributed by atoms with van der Waals surface area (Å²) in [6.45, 7) is 0. The van der Waals surface area contributed by atoms with Gasteiger partial charge in [0.25, 0.3) is 12.3 Å². The smallest absolute Gasteiger partial charge is 0.263 e. The topological polar surface area (TPSA) is 54.9 Å². The Bertz CT molecular complexity index is 1110. The van der Waals surface area contributed by atoms with Crippen LogP contribution in [0.3, 0.4) is 0 Å². The minimum atomic E-state index is -2.55. The van der Waals surface area contributed by atoms with E-state index in [0.29, 0.717) is 27.5 Å². The zero-order valence-corrected chi connectivity index (χ0v) is 14.7. The second-order valence-corrected chi connectivity index (χ2v) is 6.69. The van der Waals surface area contributed by atoms with E-state index in [1.54, 1.807) is 41.9 Å². The maximum Gasteiger partial charge on any atom is 0.263 e. The number of anilines is 1. The number of rotatable bonds is 4. The van der Waals surface area contributed by atoms with Crippen molar-refractivity contribution in [3.8, 4) is 11.3 Å². The summed E-state index contributed by atoms with van der Waals surface area (Å²) in [5.41, 5.74) is 1.94. The molecule has 4 aromatic rings. The Kier molecular flexibility index (Phi) is 4.60. The number of halogens is 2. The van der Waals surface area contributed by atoms with Crippen LogP contribution in [0.1, 0.15) is 22.3 Å². The highest BCUT2D eigenvalue weighted by molar-refractivity contribution is 7.13. The zero-order chi connectivity index (χ0) is 18.8. The van der Waals surface area contributed by atoms with Crippen LogP contribution in [-0.4, -0.2) is 15.9 Å². The van der Waals surface area contributed by atoms with Crippen LogP contribution in [-0.2, 0) is 0 Å². The predicted octanol–water partition coefficient (Wildman–Crippen LogP) is 5.55. The first kappa shape index (κ1) is 17.2. The Morgan fingerprint density at radius 3 is 2.70 bits per heavy atom. The van der Waals surface area contributed by atoms with E-state index in [1.165, 1.54) is 23.5 Å². The van der Waals surface area contributed by atoms with Gasteiger partial charge in [-0.1, -0.05) is 36.4 Å². The molecule has 2 aromatic carbocycles. The number of amides is 1. The minimum Gasteiger partial charge on any atom is -0.298 e. The molecule has 0 saturated heterocycles. The minimum absolute atomic E-state index is 0.0656. The molecule has 1 N–H and O–H groups in total. The average Bonchev–Trinajstić information content (AvgIpc) is 3.20. The summed E-state index contributed by atoms with van der Waals surface area (Å²) in [4.78, 5) is 21.3. The maximum absolute atomic E-state index is 13.0. The number of para-hydroxylation sites is 1. The molecule has 0 saturated carbocycles. The fraction of sp³-hybridized carbons (Fsp3) is 0.0500. The van der Waals surface area contributed by atoms with Gasteiger partial charge in [-0.3, -0.25) is 10.1 Å². The summed E-state index contributed by atoms with van der Waals surface area (Å²) in [6.07, 6.45) is -0.944. The fourth-order valence-corrected chi connectivity index (χ4v) is 3.30. The van der Waals surface area contributed by atoms with Gasteiger partial charge in [0.1, 0.15) is 0 Å². The molecule has 134 valence electrons. The van der Waals surface area contributed by atoms with Crippen LogP contribution in [0.5, 0.6) is 0 Å². The summed E-state index contributed by atoms with van der Waals surface area (Å²) in [5, 5.41) is 5.80. The molecule has 2 heterocycles. The van der Waals surface area contributed by atoms with Crippen LogP contribution >= 0.6 is 11.3 Å². The molecule has 0 aliphatic heterocycles. The summed E-state index contributed by atoms with van der Waals surface area (Å²) in [6, 6.07) is 15.0. The highest BCUT2D eigenvalue weighted by Crippen LogP contribution is 2.27. The quantitative estimate of drug-likeness (QED) is 0.504. The van der Waals surface area contributed by atoms with Crippen molar-refractivity contribution < 1.29 is 13.6 Å². The monoisotopic (exact) mass is 381 g/mol. The van der Waals surface area contributed by atoms with Gasteiger partial charge < -0.3 is 0 Å². The van der Waals surface area contributed by atoms with Crippen LogP contribution in [0, 0.1) is 0 Å². The fourth-order valence-electron chi connectivity index (χ4n) is 2.77. The highest BCUT2D eigenvalue weighted by Gasteiger charge is 2.14. The predicted molar refractivity (Wildman–Crippen MR) is 102 cm³/mol. The maximum atomic E-state index is 13.0. The lowest BCUT2D eigenvalue weighted by Gasteiger charge is -2.09. The molecular formula is C20H13F2N3OS. The Labute approximate surface area is 157 Å². The molecule has 27 heavy (non-hydrogen) atoms. The van der Waals surface area contributed by atoms with E-state index in [9.17, 15) is 13.6 Å². The van der Waals surface area contributed by atoms with E-state index >= 15 is 0 Å². The number of fused-ring (bicyclic) bond motifs is 1. The van der Waals surface area contributed by atoms with Gasteiger partial charge in [0.15, 0.2) is 5.13 Å². The molecule has 0 bridgehead atoms. The van der Waals surface area contributed by atoms with Gasteiger partial charge in [0.05, 0.1) is 16.8 Å². The number of aromatic nitrogens is 2. The van der Waals surface area contributed by atoms with E-state index in [4.69, 9.17) is 0 Å². The number of carbonyl (C=O) groups is 1. The number of pyridine rings is 1. The number of alkyl halides is 2. The largest absolute Gasteiger partial charge is 0.298 e. The Balaban J connectivity index is 1.77. The lowest BCUT2D eigenvalue weighted by molar-refractivity contribution is 0.102. The molecule has 0 atom stereocenters. The van der Waals surface area contributed by atoms with Gasteiger partial charge in [-0.05, 0) is 18.2 Å². The van der Waals surface area contributed by atoms with Gasteiger partial charge in [-0.25, -0.2) is 18.7 Å². The molecule has 2 aromatic heterocycles. The number of benzene rings is 2. The zero-order valence-electron chi connectivity index (χ0n) is 13.9. The van der Waals surface area contributed by atoms with Crippen molar-refractivity contribution in [1.29, 1.82) is 0 Å². The summed E-state index contributed by atoms with van der Waals surface area (Å²) in [5.74, 6) is -0.318. The molecule has 0 fully saturated rings. The first-order valence-electron chi connectivity index (χ1n) is 8.11. The molecular weight excluding hydrogens is 368 g/mol. The van der Waals surface area contributed by atoms with Crippen molar-refractivity contribution in [2.75, 3.05) is 5.32 Å². The van der Waals surface area contributed by atoms with Crippen molar-refractivity contribution in [3.63, 3.8) is 0 Å². The van der Waals surface area contributed by atoms with Gasteiger partial charge in [0.2, 0.25) is 0 Å². The van der Waals surface area contributed by atoms with E-state index in [2.05, 4.69) is 15.3 Å². The third-order valence-corrected chi connectivity index (χ3v) is 4.74. The third-order valence-electron chi connectivity index (χ3n) is 4.05.